The molecule has 104 valence electrons. The van der Waals surface area contributed by atoms with Crippen molar-refractivity contribution in [2.24, 2.45) is 5.92 Å². The highest BCUT2D eigenvalue weighted by Crippen LogP contribution is 2.32. The number of hydrogen-bond donors (Lipinski definition) is 1. The van der Waals surface area contributed by atoms with Gasteiger partial charge in [0.1, 0.15) is 0 Å². The predicted octanol–water partition coefficient (Wildman–Crippen LogP) is 2.19. The third-order valence-corrected chi connectivity index (χ3v) is 4.72. The summed E-state index contributed by atoms with van der Waals surface area (Å²) in [5, 5.41) is 5.73. The SMILES string of the molecule is CC(NC1CCN(C(=O)C2CC2)CC1)c1cscn1. The maximum atomic E-state index is 12.0. The minimum Gasteiger partial charge on any atom is -0.342 e. The number of aromatic nitrogens is 1. The summed E-state index contributed by atoms with van der Waals surface area (Å²) in [6.07, 6.45) is 4.34. The molecule has 4 nitrogen and oxygen atoms in total. The molecule has 1 saturated carbocycles. The Morgan fingerprint density at radius 3 is 2.74 bits per heavy atom. The zero-order chi connectivity index (χ0) is 13.2. The summed E-state index contributed by atoms with van der Waals surface area (Å²) < 4.78 is 0. The largest absolute Gasteiger partial charge is 0.342 e. The summed E-state index contributed by atoms with van der Waals surface area (Å²) in [7, 11) is 0. The summed E-state index contributed by atoms with van der Waals surface area (Å²) in [6, 6.07) is 0.821. The molecular formula is C14H21N3OS. The first-order valence-electron chi connectivity index (χ1n) is 7.17. The van der Waals surface area contributed by atoms with Gasteiger partial charge in [-0.05, 0) is 32.6 Å². The van der Waals surface area contributed by atoms with Crippen LogP contribution in [0.3, 0.4) is 0 Å². The summed E-state index contributed by atoms with van der Waals surface area (Å²) in [5.74, 6) is 0.754. The van der Waals surface area contributed by atoms with Crippen molar-refractivity contribution < 1.29 is 4.79 Å². The van der Waals surface area contributed by atoms with E-state index >= 15 is 0 Å². The Morgan fingerprint density at radius 1 is 1.42 bits per heavy atom. The van der Waals surface area contributed by atoms with E-state index in [1.165, 1.54) is 0 Å². The topological polar surface area (TPSA) is 45.2 Å². The molecule has 19 heavy (non-hydrogen) atoms. The molecule has 1 aromatic heterocycles. The molecule has 1 aliphatic heterocycles. The van der Waals surface area contributed by atoms with Gasteiger partial charge in [-0.2, -0.15) is 0 Å². The molecule has 1 aromatic rings. The van der Waals surface area contributed by atoms with Crippen molar-refractivity contribution in [2.45, 2.75) is 44.7 Å². The van der Waals surface area contributed by atoms with E-state index in [4.69, 9.17) is 0 Å². The molecule has 1 unspecified atom stereocenters. The summed E-state index contributed by atoms with van der Waals surface area (Å²) in [5.41, 5.74) is 3.01. The van der Waals surface area contributed by atoms with Gasteiger partial charge in [-0.15, -0.1) is 11.3 Å². The number of thiazole rings is 1. The lowest BCUT2D eigenvalue weighted by Gasteiger charge is -2.33. The van der Waals surface area contributed by atoms with E-state index in [0.717, 1.165) is 44.5 Å². The molecule has 1 aliphatic carbocycles. The van der Waals surface area contributed by atoms with E-state index in [-0.39, 0.29) is 0 Å². The highest BCUT2D eigenvalue weighted by molar-refractivity contribution is 7.07. The van der Waals surface area contributed by atoms with Crippen molar-refractivity contribution in [3.63, 3.8) is 0 Å². The first-order chi connectivity index (χ1) is 9.24. The normalized spacial score (nSPS) is 22.5. The standard InChI is InChI=1S/C14H21N3OS/c1-10(13-8-19-9-15-13)16-12-4-6-17(7-5-12)14(18)11-2-3-11/h8-12,16H,2-7H2,1H3. The van der Waals surface area contributed by atoms with Crippen molar-refractivity contribution in [2.75, 3.05) is 13.1 Å². The maximum Gasteiger partial charge on any atom is 0.225 e. The maximum absolute atomic E-state index is 12.0. The Hall–Kier alpha value is -0.940. The van der Waals surface area contributed by atoms with E-state index in [0.29, 0.717) is 23.9 Å². The number of piperidine rings is 1. The number of amides is 1. The van der Waals surface area contributed by atoms with Gasteiger partial charge in [0.25, 0.3) is 0 Å². The Balaban J connectivity index is 1.46. The number of hydrogen-bond acceptors (Lipinski definition) is 4. The molecule has 2 heterocycles. The molecular weight excluding hydrogens is 258 g/mol. The summed E-state index contributed by atoms with van der Waals surface area (Å²) in [4.78, 5) is 18.4. The second kappa shape index (κ2) is 5.59. The van der Waals surface area contributed by atoms with Gasteiger partial charge < -0.3 is 10.2 Å². The van der Waals surface area contributed by atoms with Crippen molar-refractivity contribution in [3.8, 4) is 0 Å². The Bertz CT molecular complexity index is 422. The average Bonchev–Trinajstić information content (AvgIpc) is 3.13. The average molecular weight is 279 g/mol. The number of nitrogens with one attached hydrogen (secondary N) is 1. The second-order valence-corrected chi connectivity index (χ2v) is 6.39. The first kappa shape index (κ1) is 13.1. The van der Waals surface area contributed by atoms with Crippen LogP contribution in [0.1, 0.15) is 44.3 Å². The van der Waals surface area contributed by atoms with Crippen LogP contribution in [0.4, 0.5) is 0 Å². The fourth-order valence-electron chi connectivity index (χ4n) is 2.73. The fourth-order valence-corrected chi connectivity index (χ4v) is 3.38. The molecule has 2 aliphatic rings. The third-order valence-electron chi connectivity index (χ3n) is 4.11. The van der Waals surface area contributed by atoms with Crippen LogP contribution in [0.25, 0.3) is 0 Å². The van der Waals surface area contributed by atoms with Gasteiger partial charge in [-0.25, -0.2) is 4.98 Å². The number of carbonyl (C=O) groups excluding carboxylic acids is 1. The monoisotopic (exact) mass is 279 g/mol. The zero-order valence-corrected chi connectivity index (χ0v) is 12.2. The Morgan fingerprint density at radius 2 is 2.16 bits per heavy atom. The molecule has 0 aromatic carbocycles. The van der Waals surface area contributed by atoms with Gasteiger partial charge >= 0.3 is 0 Å². The van der Waals surface area contributed by atoms with Gasteiger partial charge in [0.2, 0.25) is 5.91 Å². The molecule has 0 spiro atoms. The number of nitrogens with zero attached hydrogens (tertiary/aromatic N) is 2. The minimum atomic E-state index is 0.307. The van der Waals surface area contributed by atoms with Crippen LogP contribution in [0.5, 0.6) is 0 Å². The molecule has 1 N–H and O–H groups in total. The molecule has 5 heteroatoms. The third kappa shape index (κ3) is 3.15. The summed E-state index contributed by atoms with van der Waals surface area (Å²) in [6.45, 7) is 3.99. The van der Waals surface area contributed by atoms with Crippen molar-refractivity contribution in [3.05, 3.63) is 16.6 Å². The van der Waals surface area contributed by atoms with E-state index < -0.39 is 0 Å². The number of rotatable bonds is 4. The highest BCUT2D eigenvalue weighted by atomic mass is 32.1. The minimum absolute atomic E-state index is 0.307. The molecule has 0 radical (unpaired) electrons. The van der Waals surface area contributed by atoms with Crippen LogP contribution in [0.2, 0.25) is 0 Å². The molecule has 3 rings (SSSR count). The van der Waals surface area contributed by atoms with Gasteiger partial charge in [0.05, 0.1) is 11.2 Å². The highest BCUT2D eigenvalue weighted by Gasteiger charge is 2.35. The Kier molecular flexibility index (Phi) is 3.84. The molecule has 0 bridgehead atoms. The predicted molar refractivity (Wildman–Crippen MR) is 76.0 cm³/mol. The van der Waals surface area contributed by atoms with E-state index in [9.17, 15) is 4.79 Å². The van der Waals surface area contributed by atoms with Crippen LogP contribution < -0.4 is 5.32 Å². The summed E-state index contributed by atoms with van der Waals surface area (Å²) >= 11 is 1.64. The van der Waals surface area contributed by atoms with Crippen molar-refractivity contribution in [1.82, 2.24) is 15.2 Å². The van der Waals surface area contributed by atoms with Crippen LogP contribution in [0, 0.1) is 5.92 Å². The van der Waals surface area contributed by atoms with Crippen molar-refractivity contribution in [1.29, 1.82) is 0 Å². The lowest BCUT2D eigenvalue weighted by atomic mass is 10.0. The lowest BCUT2D eigenvalue weighted by Crippen LogP contribution is -2.46. The lowest BCUT2D eigenvalue weighted by molar-refractivity contribution is -0.133. The van der Waals surface area contributed by atoms with Crippen molar-refractivity contribution >= 4 is 17.2 Å². The van der Waals surface area contributed by atoms with E-state index in [1.54, 1.807) is 11.3 Å². The Labute approximate surface area is 118 Å². The molecule has 1 amide bonds. The molecule has 1 saturated heterocycles. The van der Waals surface area contributed by atoms with Gasteiger partial charge in [0, 0.05) is 36.5 Å². The van der Waals surface area contributed by atoms with Crippen LogP contribution in [-0.4, -0.2) is 34.9 Å². The van der Waals surface area contributed by atoms with Crippen LogP contribution in [-0.2, 0) is 4.79 Å². The second-order valence-electron chi connectivity index (χ2n) is 5.68. The van der Waals surface area contributed by atoms with Gasteiger partial charge in [-0.3, -0.25) is 4.79 Å². The van der Waals surface area contributed by atoms with Gasteiger partial charge in [0.15, 0.2) is 0 Å². The fraction of sp³-hybridized carbons (Fsp3) is 0.714. The number of likely N-dealkylation sites (tertiary alicyclic amines) is 1. The molecule has 1 atom stereocenters. The van der Waals surface area contributed by atoms with Crippen LogP contribution in [0.15, 0.2) is 10.9 Å². The zero-order valence-electron chi connectivity index (χ0n) is 11.3. The molecule has 2 fully saturated rings. The smallest absolute Gasteiger partial charge is 0.225 e. The van der Waals surface area contributed by atoms with Gasteiger partial charge in [-0.1, -0.05) is 0 Å². The van der Waals surface area contributed by atoms with E-state index in [1.807, 2.05) is 5.51 Å². The first-order valence-corrected chi connectivity index (χ1v) is 8.11. The van der Waals surface area contributed by atoms with E-state index in [2.05, 4.69) is 27.5 Å². The quantitative estimate of drug-likeness (QED) is 0.919. The number of carbonyl (C=O) groups is 1. The van der Waals surface area contributed by atoms with Crippen LogP contribution >= 0.6 is 11.3 Å².